The van der Waals surface area contributed by atoms with Crippen molar-refractivity contribution >= 4 is 17.4 Å². The van der Waals surface area contributed by atoms with Crippen LogP contribution in [0.5, 0.6) is 5.75 Å². The lowest BCUT2D eigenvalue weighted by atomic mass is 10.1. The van der Waals surface area contributed by atoms with Crippen molar-refractivity contribution in [3.63, 3.8) is 0 Å². The van der Waals surface area contributed by atoms with Crippen LogP contribution in [0.1, 0.15) is 23.6 Å². The number of nitrogens with two attached hydrogens (primary N) is 1. The van der Waals surface area contributed by atoms with Gasteiger partial charge in [-0.2, -0.15) is 0 Å². The van der Waals surface area contributed by atoms with Crippen molar-refractivity contribution in [2.24, 2.45) is 10.9 Å². The van der Waals surface area contributed by atoms with Crippen LogP contribution in [0, 0.1) is 13.8 Å². The predicted molar refractivity (Wildman–Crippen MR) is 98.8 cm³/mol. The molecule has 2 aromatic rings. The maximum atomic E-state index is 12.3. The van der Waals surface area contributed by atoms with E-state index in [0.29, 0.717) is 5.56 Å². The molecule has 0 saturated heterocycles. The first-order chi connectivity index (χ1) is 11.9. The number of nitrogens with zero attached hydrogens (tertiary/aromatic N) is 1. The van der Waals surface area contributed by atoms with Gasteiger partial charge in [0, 0.05) is 11.3 Å². The summed E-state index contributed by atoms with van der Waals surface area (Å²) < 4.78 is 5.09. The largest absolute Gasteiger partial charge is 0.497 e. The van der Waals surface area contributed by atoms with E-state index >= 15 is 0 Å². The van der Waals surface area contributed by atoms with Gasteiger partial charge in [0.2, 0.25) is 6.10 Å². The summed E-state index contributed by atoms with van der Waals surface area (Å²) in [6, 6.07) is 12.9. The summed E-state index contributed by atoms with van der Waals surface area (Å²) in [5.74, 6) is 0.622. The topological polar surface area (TPSA) is 85.9 Å². The van der Waals surface area contributed by atoms with Crippen LogP contribution in [-0.4, -0.2) is 25.0 Å². The molecule has 0 aliphatic carbocycles. The minimum absolute atomic E-state index is 0.189. The highest BCUT2D eigenvalue weighted by Gasteiger charge is 2.16. The molecule has 0 saturated carbocycles. The number of para-hydroxylation sites is 1. The van der Waals surface area contributed by atoms with Crippen LogP contribution < -0.4 is 15.8 Å². The number of methoxy groups -OCH3 is 1. The third-order valence-electron chi connectivity index (χ3n) is 3.79. The number of aryl methyl sites for hydroxylation is 2. The molecular weight excluding hydrogens is 318 g/mol. The second-order valence-corrected chi connectivity index (χ2v) is 5.71. The molecule has 1 amide bonds. The summed E-state index contributed by atoms with van der Waals surface area (Å²) in [4.78, 5) is 17.5. The second-order valence-electron chi connectivity index (χ2n) is 5.71. The molecule has 0 heterocycles. The Labute approximate surface area is 147 Å². The van der Waals surface area contributed by atoms with Gasteiger partial charge in [0.25, 0.3) is 5.91 Å². The summed E-state index contributed by atoms with van der Waals surface area (Å²) in [5, 5.41) is 6.72. The van der Waals surface area contributed by atoms with E-state index in [0.717, 1.165) is 22.6 Å². The number of amidine groups is 1. The van der Waals surface area contributed by atoms with Gasteiger partial charge in [-0.25, -0.2) is 0 Å². The fourth-order valence-electron chi connectivity index (χ4n) is 2.23. The Morgan fingerprint density at radius 2 is 1.72 bits per heavy atom. The summed E-state index contributed by atoms with van der Waals surface area (Å²) in [6.07, 6.45) is -0.782. The van der Waals surface area contributed by atoms with E-state index in [-0.39, 0.29) is 11.7 Å². The molecule has 6 heteroatoms. The fourth-order valence-corrected chi connectivity index (χ4v) is 2.23. The van der Waals surface area contributed by atoms with Crippen molar-refractivity contribution in [2.75, 3.05) is 12.4 Å². The number of carbonyl (C=O) groups is 1. The van der Waals surface area contributed by atoms with Crippen LogP contribution in [0.25, 0.3) is 0 Å². The number of carbonyl (C=O) groups excluding carboxylic acids is 1. The van der Waals surface area contributed by atoms with Crippen LogP contribution in [0.15, 0.2) is 47.6 Å². The minimum Gasteiger partial charge on any atom is -0.497 e. The molecule has 1 unspecified atom stereocenters. The number of anilines is 1. The van der Waals surface area contributed by atoms with E-state index < -0.39 is 6.10 Å². The van der Waals surface area contributed by atoms with Crippen LogP contribution in [-0.2, 0) is 9.63 Å². The minimum atomic E-state index is -0.782. The highest BCUT2D eigenvalue weighted by molar-refractivity contribution is 5.97. The summed E-state index contributed by atoms with van der Waals surface area (Å²) >= 11 is 0. The van der Waals surface area contributed by atoms with Gasteiger partial charge in [0.1, 0.15) is 5.75 Å². The first-order valence-electron chi connectivity index (χ1n) is 7.93. The number of benzene rings is 2. The molecule has 6 nitrogen and oxygen atoms in total. The van der Waals surface area contributed by atoms with E-state index in [2.05, 4.69) is 10.5 Å². The standard InChI is InChI=1S/C19H23N3O3/c1-12-6-5-7-13(2)17(12)21-19(23)14(3)25-22-18(20)15-8-10-16(24-4)11-9-15/h5-11,14H,1-4H3,(H2,20,22)(H,21,23). The molecule has 1 atom stereocenters. The van der Waals surface area contributed by atoms with Crippen LogP contribution >= 0.6 is 0 Å². The smallest absolute Gasteiger partial charge is 0.268 e. The third-order valence-corrected chi connectivity index (χ3v) is 3.79. The quantitative estimate of drug-likeness (QED) is 0.480. The van der Waals surface area contributed by atoms with E-state index in [1.807, 2.05) is 32.0 Å². The van der Waals surface area contributed by atoms with Crippen LogP contribution in [0.2, 0.25) is 0 Å². The van der Waals surface area contributed by atoms with Gasteiger partial charge >= 0.3 is 0 Å². The molecule has 0 fully saturated rings. The summed E-state index contributed by atoms with van der Waals surface area (Å²) in [5.41, 5.74) is 9.33. The Kier molecular flexibility index (Phi) is 6.00. The molecule has 0 aliphatic rings. The number of ether oxygens (including phenoxy) is 1. The Morgan fingerprint density at radius 1 is 1.12 bits per heavy atom. The lowest BCUT2D eigenvalue weighted by Crippen LogP contribution is -2.28. The van der Waals surface area contributed by atoms with E-state index in [1.165, 1.54) is 0 Å². The zero-order chi connectivity index (χ0) is 18.4. The summed E-state index contributed by atoms with van der Waals surface area (Å²) in [6.45, 7) is 5.50. The van der Waals surface area contributed by atoms with Crippen molar-refractivity contribution in [2.45, 2.75) is 26.9 Å². The number of nitrogens with one attached hydrogen (secondary N) is 1. The number of oxime groups is 1. The first kappa shape index (κ1) is 18.3. The molecule has 0 bridgehead atoms. The van der Waals surface area contributed by atoms with Crippen molar-refractivity contribution in [1.29, 1.82) is 0 Å². The average molecular weight is 341 g/mol. The van der Waals surface area contributed by atoms with Crippen molar-refractivity contribution in [1.82, 2.24) is 0 Å². The monoisotopic (exact) mass is 341 g/mol. The normalized spacial score (nSPS) is 12.4. The van der Waals surface area contributed by atoms with Gasteiger partial charge in [0.15, 0.2) is 5.84 Å². The molecule has 25 heavy (non-hydrogen) atoms. The molecule has 132 valence electrons. The van der Waals surface area contributed by atoms with Crippen molar-refractivity contribution in [3.8, 4) is 5.75 Å². The highest BCUT2D eigenvalue weighted by Crippen LogP contribution is 2.19. The lowest BCUT2D eigenvalue weighted by molar-refractivity contribution is -0.126. The molecule has 0 radical (unpaired) electrons. The Hall–Kier alpha value is -3.02. The molecular formula is C19H23N3O3. The van der Waals surface area contributed by atoms with Gasteiger partial charge in [-0.05, 0) is 56.2 Å². The van der Waals surface area contributed by atoms with Gasteiger partial charge in [0.05, 0.1) is 7.11 Å². The second kappa shape index (κ2) is 8.19. The fraction of sp³-hybridized carbons (Fsp3) is 0.263. The van der Waals surface area contributed by atoms with Crippen LogP contribution in [0.4, 0.5) is 5.69 Å². The van der Waals surface area contributed by atoms with E-state index in [1.54, 1.807) is 38.3 Å². The molecule has 3 N–H and O–H groups in total. The molecule has 0 aliphatic heterocycles. The van der Waals surface area contributed by atoms with Gasteiger partial charge in [-0.15, -0.1) is 0 Å². The van der Waals surface area contributed by atoms with Gasteiger partial charge in [-0.1, -0.05) is 23.4 Å². The Morgan fingerprint density at radius 3 is 2.28 bits per heavy atom. The molecule has 0 aromatic heterocycles. The number of rotatable bonds is 6. The Balaban J connectivity index is 2.00. The third kappa shape index (κ3) is 4.73. The molecule has 2 rings (SSSR count). The first-order valence-corrected chi connectivity index (χ1v) is 7.93. The predicted octanol–water partition coefficient (Wildman–Crippen LogP) is 2.98. The van der Waals surface area contributed by atoms with Crippen LogP contribution in [0.3, 0.4) is 0 Å². The van der Waals surface area contributed by atoms with E-state index in [9.17, 15) is 4.79 Å². The van der Waals surface area contributed by atoms with E-state index in [4.69, 9.17) is 15.3 Å². The van der Waals surface area contributed by atoms with Gasteiger partial charge in [-0.3, -0.25) is 4.79 Å². The Bertz CT molecular complexity index is 750. The molecule has 2 aromatic carbocycles. The molecule has 0 spiro atoms. The zero-order valence-electron chi connectivity index (χ0n) is 14.9. The zero-order valence-corrected chi connectivity index (χ0v) is 14.9. The highest BCUT2D eigenvalue weighted by atomic mass is 16.6. The SMILES string of the molecule is COc1ccc(C(N)=NOC(C)C(=O)Nc2c(C)cccc2C)cc1. The maximum Gasteiger partial charge on any atom is 0.268 e. The van der Waals surface area contributed by atoms with Gasteiger partial charge < -0.3 is 20.6 Å². The average Bonchev–Trinajstić information content (AvgIpc) is 2.62. The number of hydrogen-bond acceptors (Lipinski definition) is 4. The summed E-state index contributed by atoms with van der Waals surface area (Å²) in [7, 11) is 1.59. The van der Waals surface area contributed by atoms with Crippen molar-refractivity contribution in [3.05, 3.63) is 59.2 Å². The number of amides is 1. The maximum absolute atomic E-state index is 12.3. The number of hydrogen-bond donors (Lipinski definition) is 2. The lowest BCUT2D eigenvalue weighted by Gasteiger charge is -2.14. The van der Waals surface area contributed by atoms with Crippen molar-refractivity contribution < 1.29 is 14.4 Å².